The number of carbonyl (C=O) groups excluding carboxylic acids is 1. The molecule has 0 aromatic heterocycles. The first-order valence-electron chi connectivity index (χ1n) is 11.6. The minimum Gasteiger partial charge on any atom is -0.507 e. The monoisotopic (exact) mass is 408 g/mol. The van der Waals surface area contributed by atoms with Crippen molar-refractivity contribution in [1.29, 1.82) is 0 Å². The third kappa shape index (κ3) is 11.1. The summed E-state index contributed by atoms with van der Waals surface area (Å²) in [6.07, 6.45) is 20.2. The number of Topliss-reactive ketones (excluding diaryl/α,β-unsaturated/α-hetero) is 1. The molecule has 1 N–H and O–H groups in total. The molecule has 0 atom stereocenters. The van der Waals surface area contributed by atoms with E-state index in [1.54, 1.807) is 12.1 Å². The van der Waals surface area contributed by atoms with Gasteiger partial charge in [0.25, 0.3) is 0 Å². The number of hydrogen-bond acceptors (Lipinski definition) is 2. The highest BCUT2D eigenvalue weighted by atomic mass is 35.5. The first kappa shape index (κ1) is 25.0. The molecule has 3 heteroatoms. The van der Waals surface area contributed by atoms with Gasteiger partial charge in [-0.2, -0.15) is 0 Å². The van der Waals surface area contributed by atoms with Gasteiger partial charge in [-0.05, 0) is 31.0 Å². The highest BCUT2D eigenvalue weighted by Gasteiger charge is 2.13. The number of rotatable bonds is 17. The lowest BCUT2D eigenvalue weighted by molar-refractivity contribution is 0.0976. The number of halogens is 1. The number of unbranched alkanes of at least 4 members (excludes halogenated alkanes) is 14. The van der Waals surface area contributed by atoms with E-state index in [2.05, 4.69) is 6.92 Å². The Morgan fingerprint density at radius 1 is 0.786 bits per heavy atom. The molecule has 0 aliphatic carbocycles. The summed E-state index contributed by atoms with van der Waals surface area (Å²) in [5.41, 5.74) is 1.16. The van der Waals surface area contributed by atoms with Crippen LogP contribution in [-0.4, -0.2) is 10.9 Å². The zero-order valence-electron chi connectivity index (χ0n) is 18.2. The molecule has 0 fully saturated rings. The molecule has 2 nitrogen and oxygen atoms in total. The summed E-state index contributed by atoms with van der Waals surface area (Å²) < 4.78 is 0. The molecule has 0 amide bonds. The topological polar surface area (TPSA) is 37.3 Å². The van der Waals surface area contributed by atoms with Crippen LogP contribution in [-0.2, 0) is 0 Å². The summed E-state index contributed by atoms with van der Waals surface area (Å²) in [6.45, 7) is 4.10. The Kier molecular flexibility index (Phi) is 14.2. The Labute approximate surface area is 178 Å². The lowest BCUT2D eigenvalue weighted by atomic mass is 10.0. The standard InChI is InChI=1S/C25H41ClO2/c1-3-4-5-6-7-8-9-10-11-12-13-14-15-16-17-18-24(27)22-20-23(26)21(2)19-25(22)28/h19-20,28H,3-18H2,1-2H3. The van der Waals surface area contributed by atoms with Gasteiger partial charge in [0.2, 0.25) is 0 Å². The van der Waals surface area contributed by atoms with Crippen LogP contribution in [0.3, 0.4) is 0 Å². The highest BCUT2D eigenvalue weighted by molar-refractivity contribution is 6.31. The molecule has 28 heavy (non-hydrogen) atoms. The molecular formula is C25H41ClO2. The zero-order valence-corrected chi connectivity index (χ0v) is 19.0. The Hall–Kier alpha value is -1.02. The largest absolute Gasteiger partial charge is 0.507 e. The normalized spacial score (nSPS) is 11.1. The van der Waals surface area contributed by atoms with Crippen LogP contribution in [0.5, 0.6) is 5.75 Å². The van der Waals surface area contributed by atoms with Crippen LogP contribution in [0.15, 0.2) is 12.1 Å². The average molecular weight is 409 g/mol. The Bertz CT molecular complexity index is 554. The molecule has 160 valence electrons. The Balaban J connectivity index is 1.94. The van der Waals surface area contributed by atoms with Crippen molar-refractivity contribution in [2.24, 2.45) is 0 Å². The van der Waals surface area contributed by atoms with Gasteiger partial charge in [-0.1, -0.05) is 108 Å². The first-order chi connectivity index (χ1) is 13.6. The molecule has 1 aromatic rings. The van der Waals surface area contributed by atoms with Gasteiger partial charge in [0, 0.05) is 11.4 Å². The Morgan fingerprint density at radius 3 is 1.68 bits per heavy atom. The summed E-state index contributed by atoms with van der Waals surface area (Å²) in [7, 11) is 0. The van der Waals surface area contributed by atoms with Gasteiger partial charge in [-0.3, -0.25) is 4.79 Å². The average Bonchev–Trinajstić information content (AvgIpc) is 2.67. The van der Waals surface area contributed by atoms with Crippen LogP contribution < -0.4 is 0 Å². The van der Waals surface area contributed by atoms with Gasteiger partial charge in [-0.15, -0.1) is 0 Å². The molecular weight excluding hydrogens is 368 g/mol. The van der Waals surface area contributed by atoms with Crippen molar-refractivity contribution >= 4 is 17.4 Å². The number of ketones is 1. The van der Waals surface area contributed by atoms with Crippen LogP contribution in [0, 0.1) is 6.92 Å². The lowest BCUT2D eigenvalue weighted by Gasteiger charge is -2.07. The summed E-state index contributed by atoms with van der Waals surface area (Å²) >= 11 is 6.06. The van der Waals surface area contributed by atoms with Crippen molar-refractivity contribution in [3.63, 3.8) is 0 Å². The maximum atomic E-state index is 12.2. The third-order valence-electron chi connectivity index (χ3n) is 5.58. The fourth-order valence-electron chi connectivity index (χ4n) is 3.68. The number of aromatic hydroxyl groups is 1. The van der Waals surface area contributed by atoms with Gasteiger partial charge < -0.3 is 5.11 Å². The van der Waals surface area contributed by atoms with Crippen LogP contribution in [0.25, 0.3) is 0 Å². The van der Waals surface area contributed by atoms with Crippen molar-refractivity contribution in [2.45, 2.75) is 117 Å². The molecule has 0 saturated heterocycles. The molecule has 0 bridgehead atoms. The van der Waals surface area contributed by atoms with E-state index in [0.29, 0.717) is 17.0 Å². The van der Waals surface area contributed by atoms with Crippen molar-refractivity contribution in [3.8, 4) is 5.75 Å². The van der Waals surface area contributed by atoms with Crippen molar-refractivity contribution in [2.75, 3.05) is 0 Å². The van der Waals surface area contributed by atoms with E-state index < -0.39 is 0 Å². The zero-order chi connectivity index (χ0) is 20.6. The summed E-state index contributed by atoms with van der Waals surface area (Å²) in [6, 6.07) is 3.17. The van der Waals surface area contributed by atoms with E-state index >= 15 is 0 Å². The molecule has 1 aromatic carbocycles. The van der Waals surface area contributed by atoms with Crippen molar-refractivity contribution in [1.82, 2.24) is 0 Å². The summed E-state index contributed by atoms with van der Waals surface area (Å²) in [5.74, 6) is 0.0435. The summed E-state index contributed by atoms with van der Waals surface area (Å²) in [4.78, 5) is 12.2. The van der Waals surface area contributed by atoms with Crippen LogP contribution in [0.1, 0.15) is 126 Å². The second kappa shape index (κ2) is 15.9. The summed E-state index contributed by atoms with van der Waals surface area (Å²) in [5, 5.41) is 10.5. The molecule has 0 heterocycles. The minimum absolute atomic E-state index is 0.00547. The molecule has 0 spiro atoms. The van der Waals surface area contributed by atoms with E-state index in [1.807, 2.05) is 6.92 Å². The van der Waals surface area contributed by atoms with Crippen molar-refractivity contribution < 1.29 is 9.90 Å². The van der Waals surface area contributed by atoms with Gasteiger partial charge in [-0.25, -0.2) is 0 Å². The second-order valence-corrected chi connectivity index (χ2v) is 8.65. The number of hydrogen-bond donors (Lipinski definition) is 1. The number of phenolic OH excluding ortho intramolecular Hbond substituents is 1. The molecule has 0 saturated carbocycles. The molecule has 0 unspecified atom stereocenters. The number of benzene rings is 1. The van der Waals surface area contributed by atoms with Crippen LogP contribution in [0.4, 0.5) is 0 Å². The van der Waals surface area contributed by atoms with E-state index in [0.717, 1.165) is 18.4 Å². The van der Waals surface area contributed by atoms with Gasteiger partial charge in [0.1, 0.15) is 5.75 Å². The number of aryl methyl sites for hydroxylation is 1. The van der Waals surface area contributed by atoms with Gasteiger partial charge >= 0.3 is 0 Å². The minimum atomic E-state index is -0.00547. The van der Waals surface area contributed by atoms with E-state index in [1.165, 1.54) is 83.5 Å². The third-order valence-corrected chi connectivity index (χ3v) is 5.99. The first-order valence-corrected chi connectivity index (χ1v) is 12.0. The maximum absolute atomic E-state index is 12.2. The second-order valence-electron chi connectivity index (χ2n) is 8.24. The smallest absolute Gasteiger partial charge is 0.166 e. The van der Waals surface area contributed by atoms with E-state index in [4.69, 9.17) is 11.6 Å². The maximum Gasteiger partial charge on any atom is 0.166 e. The lowest BCUT2D eigenvalue weighted by Crippen LogP contribution is -2.00. The van der Waals surface area contributed by atoms with Crippen molar-refractivity contribution in [3.05, 3.63) is 28.3 Å². The predicted molar refractivity (Wildman–Crippen MR) is 122 cm³/mol. The van der Waals surface area contributed by atoms with Crippen LogP contribution in [0.2, 0.25) is 5.02 Å². The molecule has 0 radical (unpaired) electrons. The van der Waals surface area contributed by atoms with Crippen LogP contribution >= 0.6 is 11.6 Å². The fourth-order valence-corrected chi connectivity index (χ4v) is 3.84. The van der Waals surface area contributed by atoms with E-state index in [-0.39, 0.29) is 11.5 Å². The quantitative estimate of drug-likeness (QED) is 0.206. The molecule has 0 aliphatic rings. The number of carbonyl (C=O) groups is 1. The number of phenols is 1. The van der Waals surface area contributed by atoms with E-state index in [9.17, 15) is 9.90 Å². The SMILES string of the molecule is CCCCCCCCCCCCCCCCCC(=O)c1cc(Cl)c(C)cc1O. The Morgan fingerprint density at radius 2 is 1.21 bits per heavy atom. The highest BCUT2D eigenvalue weighted by Crippen LogP contribution is 2.27. The van der Waals surface area contributed by atoms with Gasteiger partial charge in [0.05, 0.1) is 5.56 Å². The fraction of sp³-hybridized carbons (Fsp3) is 0.720. The van der Waals surface area contributed by atoms with Gasteiger partial charge in [0.15, 0.2) is 5.78 Å². The predicted octanol–water partition coefficient (Wildman–Crippen LogP) is 8.80. The molecule has 1 rings (SSSR count). The molecule has 0 aliphatic heterocycles.